The lowest BCUT2D eigenvalue weighted by Crippen LogP contribution is -2.09. The van der Waals surface area contributed by atoms with Gasteiger partial charge in [0.25, 0.3) is 0 Å². The molecule has 0 saturated heterocycles. The zero-order chi connectivity index (χ0) is 23.9. The number of pyridine rings is 1. The van der Waals surface area contributed by atoms with Gasteiger partial charge in [0.15, 0.2) is 0 Å². The van der Waals surface area contributed by atoms with Crippen LogP contribution in [0.3, 0.4) is 0 Å². The molecule has 7 nitrogen and oxygen atoms in total. The molecule has 0 aliphatic heterocycles. The second-order valence-corrected chi connectivity index (χ2v) is 8.36. The molecule has 1 unspecified atom stereocenters. The van der Waals surface area contributed by atoms with Crippen molar-refractivity contribution in [1.82, 2.24) is 15.2 Å². The Kier molecular flexibility index (Phi) is 7.54. The van der Waals surface area contributed by atoms with Gasteiger partial charge in [-0.1, -0.05) is 41.6 Å². The summed E-state index contributed by atoms with van der Waals surface area (Å²) >= 11 is 0. The number of hydrogen-bond donors (Lipinski definition) is 0. The zero-order valence-electron chi connectivity index (χ0n) is 19.6. The van der Waals surface area contributed by atoms with Gasteiger partial charge >= 0.3 is 0 Å². The van der Waals surface area contributed by atoms with Gasteiger partial charge in [-0.3, -0.25) is 4.98 Å². The molecular formula is C27H28N4O3. The van der Waals surface area contributed by atoms with Crippen LogP contribution in [0.5, 0.6) is 0 Å². The van der Waals surface area contributed by atoms with E-state index in [1.807, 2.05) is 43.3 Å². The number of ether oxygens (including phenoxy) is 1. The first kappa shape index (κ1) is 23.4. The van der Waals surface area contributed by atoms with Crippen LogP contribution in [-0.2, 0) is 11.2 Å². The maximum Gasteiger partial charge on any atom is 0.247 e. The lowest BCUT2D eigenvalue weighted by molar-refractivity contribution is 0.195. The average Bonchev–Trinajstić information content (AvgIpc) is 3.33. The van der Waals surface area contributed by atoms with Crippen molar-refractivity contribution in [2.45, 2.75) is 38.6 Å². The van der Waals surface area contributed by atoms with E-state index in [4.69, 9.17) is 9.15 Å². The maximum atomic E-state index is 11.9. The molecule has 0 fully saturated rings. The fourth-order valence-electron chi connectivity index (χ4n) is 4.18. The van der Waals surface area contributed by atoms with Crippen molar-refractivity contribution in [3.05, 3.63) is 106 Å². The molecular weight excluding hydrogens is 428 g/mol. The zero-order valence-corrected chi connectivity index (χ0v) is 19.6. The minimum atomic E-state index is -0.481. The van der Waals surface area contributed by atoms with E-state index in [1.54, 1.807) is 13.3 Å². The van der Waals surface area contributed by atoms with E-state index in [0.717, 1.165) is 22.4 Å². The minimum Gasteiger partial charge on any atom is -0.421 e. The molecule has 7 heteroatoms. The number of hydrogen-bond acceptors (Lipinski definition) is 7. The molecule has 34 heavy (non-hydrogen) atoms. The van der Waals surface area contributed by atoms with Crippen LogP contribution in [0.1, 0.15) is 52.2 Å². The molecule has 0 saturated carbocycles. The van der Waals surface area contributed by atoms with Gasteiger partial charge in [0, 0.05) is 36.9 Å². The van der Waals surface area contributed by atoms with Crippen molar-refractivity contribution in [3.8, 4) is 11.5 Å². The third-order valence-corrected chi connectivity index (χ3v) is 6.00. The van der Waals surface area contributed by atoms with Crippen LogP contribution in [0.15, 0.2) is 76.5 Å². The summed E-state index contributed by atoms with van der Waals surface area (Å²) in [6.07, 6.45) is 2.86. The Bertz CT molecular complexity index is 1240. The van der Waals surface area contributed by atoms with Crippen LogP contribution in [0, 0.1) is 18.8 Å². The predicted molar refractivity (Wildman–Crippen MR) is 130 cm³/mol. The number of benzene rings is 2. The molecule has 0 N–H and O–H groups in total. The number of rotatable bonds is 10. The quantitative estimate of drug-likeness (QED) is 0.273. The third kappa shape index (κ3) is 5.43. The lowest BCUT2D eigenvalue weighted by Gasteiger charge is -2.23. The van der Waals surface area contributed by atoms with Gasteiger partial charge in [0.2, 0.25) is 11.8 Å². The highest BCUT2D eigenvalue weighted by Crippen LogP contribution is 2.37. The van der Waals surface area contributed by atoms with Crippen LogP contribution < -0.4 is 0 Å². The van der Waals surface area contributed by atoms with Gasteiger partial charge in [-0.05, 0) is 66.8 Å². The molecule has 2 heterocycles. The van der Waals surface area contributed by atoms with Crippen LogP contribution >= 0.6 is 0 Å². The van der Waals surface area contributed by atoms with Crippen molar-refractivity contribution in [3.63, 3.8) is 0 Å². The highest BCUT2D eigenvalue weighted by atomic mass is 16.5. The summed E-state index contributed by atoms with van der Waals surface area (Å²) in [6.45, 7) is 4.54. The van der Waals surface area contributed by atoms with Gasteiger partial charge in [-0.15, -0.1) is 10.2 Å². The van der Waals surface area contributed by atoms with Gasteiger partial charge < -0.3 is 9.15 Å². The highest BCUT2D eigenvalue weighted by molar-refractivity contribution is 5.54. The molecule has 2 aromatic heterocycles. The SMILES string of the molecule is COCCc1nnc(-c2ccc([C@@H](CC(N=O)c3ccnc(C)c3)c3ccccc3C)cc2)o1. The first-order chi connectivity index (χ1) is 16.6. The first-order valence-electron chi connectivity index (χ1n) is 11.3. The Hall–Kier alpha value is -3.71. The van der Waals surface area contributed by atoms with Gasteiger partial charge in [0.1, 0.15) is 6.04 Å². The molecule has 0 amide bonds. The summed E-state index contributed by atoms with van der Waals surface area (Å²) in [6, 6.07) is 19.7. The van der Waals surface area contributed by atoms with E-state index >= 15 is 0 Å². The van der Waals surface area contributed by atoms with E-state index in [0.29, 0.717) is 31.2 Å². The Morgan fingerprint density at radius 3 is 2.50 bits per heavy atom. The maximum absolute atomic E-state index is 11.9. The Labute approximate surface area is 199 Å². The molecule has 4 rings (SSSR count). The van der Waals surface area contributed by atoms with Crippen LogP contribution in [0.2, 0.25) is 0 Å². The largest absolute Gasteiger partial charge is 0.421 e. The van der Waals surface area contributed by atoms with Crippen LogP contribution in [0.4, 0.5) is 0 Å². The van der Waals surface area contributed by atoms with Crippen LogP contribution in [-0.4, -0.2) is 28.9 Å². The fraction of sp³-hybridized carbons (Fsp3) is 0.296. The van der Waals surface area contributed by atoms with Crippen LogP contribution in [0.25, 0.3) is 11.5 Å². The third-order valence-electron chi connectivity index (χ3n) is 6.00. The lowest BCUT2D eigenvalue weighted by atomic mass is 9.82. The molecule has 0 radical (unpaired) electrons. The van der Waals surface area contributed by atoms with Crippen molar-refractivity contribution in [1.29, 1.82) is 0 Å². The smallest absolute Gasteiger partial charge is 0.247 e. The molecule has 0 aliphatic rings. The average molecular weight is 457 g/mol. The van der Waals surface area contributed by atoms with E-state index in [2.05, 4.69) is 51.5 Å². The van der Waals surface area contributed by atoms with Gasteiger partial charge in [-0.2, -0.15) is 4.91 Å². The van der Waals surface area contributed by atoms with Crippen molar-refractivity contribution in [2.24, 2.45) is 5.18 Å². The highest BCUT2D eigenvalue weighted by Gasteiger charge is 2.24. The van der Waals surface area contributed by atoms with Crippen molar-refractivity contribution >= 4 is 0 Å². The number of aromatic nitrogens is 3. The monoisotopic (exact) mass is 456 g/mol. The second-order valence-electron chi connectivity index (χ2n) is 8.36. The molecule has 0 spiro atoms. The van der Waals surface area contributed by atoms with E-state index in [1.165, 1.54) is 11.1 Å². The summed E-state index contributed by atoms with van der Waals surface area (Å²) in [5, 5.41) is 11.7. The summed E-state index contributed by atoms with van der Waals surface area (Å²) in [5.41, 5.74) is 6.04. The number of aryl methyl sites for hydroxylation is 2. The molecule has 2 aromatic carbocycles. The summed E-state index contributed by atoms with van der Waals surface area (Å²) in [7, 11) is 1.64. The second kappa shape index (κ2) is 10.9. The van der Waals surface area contributed by atoms with E-state index < -0.39 is 6.04 Å². The Balaban J connectivity index is 1.65. The molecule has 0 aliphatic carbocycles. The number of nitroso groups, excluding NO2 is 1. The Morgan fingerprint density at radius 2 is 1.79 bits per heavy atom. The summed E-state index contributed by atoms with van der Waals surface area (Å²) in [5.74, 6) is 1.02. The molecule has 4 aromatic rings. The van der Waals surface area contributed by atoms with Gasteiger partial charge in [-0.25, -0.2) is 0 Å². The van der Waals surface area contributed by atoms with E-state index in [9.17, 15) is 4.91 Å². The normalized spacial score (nSPS) is 12.9. The summed E-state index contributed by atoms with van der Waals surface area (Å²) < 4.78 is 10.8. The minimum absolute atomic E-state index is 0.00799. The molecule has 2 atom stereocenters. The first-order valence-corrected chi connectivity index (χ1v) is 11.3. The standard InChI is InChI=1S/C27H28N4O3/c1-18-6-4-5-7-23(18)24(17-25(31-32)22-12-14-28-19(2)16-22)20-8-10-21(11-9-20)27-30-29-26(34-27)13-15-33-3/h4-12,14,16,24-25H,13,15,17H2,1-3H3/t24-,25?/m1/s1. The molecule has 174 valence electrons. The number of nitrogens with zero attached hydrogens (tertiary/aromatic N) is 4. The van der Waals surface area contributed by atoms with Crippen molar-refractivity contribution in [2.75, 3.05) is 13.7 Å². The van der Waals surface area contributed by atoms with Crippen molar-refractivity contribution < 1.29 is 9.15 Å². The fourth-order valence-corrected chi connectivity index (χ4v) is 4.18. The topological polar surface area (TPSA) is 90.5 Å². The predicted octanol–water partition coefficient (Wildman–Crippen LogP) is 5.97. The summed E-state index contributed by atoms with van der Waals surface area (Å²) in [4.78, 5) is 16.2. The Morgan fingerprint density at radius 1 is 1.00 bits per heavy atom. The van der Waals surface area contributed by atoms with Gasteiger partial charge in [0.05, 0.1) is 6.61 Å². The number of methoxy groups -OCH3 is 1. The van der Waals surface area contributed by atoms with E-state index in [-0.39, 0.29) is 5.92 Å². The molecule has 0 bridgehead atoms.